The summed E-state index contributed by atoms with van der Waals surface area (Å²) in [6.45, 7) is 0.533. The summed E-state index contributed by atoms with van der Waals surface area (Å²) in [6, 6.07) is 0. The topological polar surface area (TPSA) is 76.2 Å². The molecule has 1 rings (SSSR count). The average Bonchev–Trinajstić information content (AvgIpc) is 2.57. The monoisotopic (exact) mass is 261 g/mol. The summed E-state index contributed by atoms with van der Waals surface area (Å²) in [5.41, 5.74) is 5.63. The second-order valence-corrected chi connectivity index (χ2v) is 4.11. The molecule has 0 radical (unpaired) electrons. The van der Waals surface area contributed by atoms with E-state index < -0.39 is 18.9 Å². The van der Waals surface area contributed by atoms with Crippen molar-refractivity contribution in [2.75, 3.05) is 32.9 Å². The molecule has 0 saturated carbocycles. The normalized spacial score (nSPS) is 11.2. The van der Waals surface area contributed by atoms with Crippen LogP contribution in [0.3, 0.4) is 0 Å². The summed E-state index contributed by atoms with van der Waals surface area (Å²) in [4.78, 5) is 13.6. The number of likely N-dealkylation sites (N-methyl/N-ethyl adjacent to an activating group) is 1. The number of carbonyl (C=O) groups excluding carboxylic acids is 1. The first-order valence-corrected chi connectivity index (χ1v) is 5.44. The summed E-state index contributed by atoms with van der Waals surface area (Å²) in [7, 11) is 3.75. The lowest BCUT2D eigenvalue weighted by Gasteiger charge is -2.09. The fourth-order valence-electron chi connectivity index (χ4n) is 1.32. The van der Waals surface area contributed by atoms with E-state index in [-0.39, 0.29) is 11.4 Å². The maximum atomic E-state index is 12.1. The third kappa shape index (κ3) is 4.28. The van der Waals surface area contributed by atoms with E-state index in [1.807, 2.05) is 19.0 Å². The number of aromatic nitrogens is 2. The van der Waals surface area contributed by atoms with Gasteiger partial charge in [0.25, 0.3) is 12.3 Å². The predicted molar refractivity (Wildman–Crippen MR) is 63.5 cm³/mol. The van der Waals surface area contributed by atoms with E-state index in [1.54, 1.807) is 0 Å². The molecule has 0 saturated heterocycles. The molecule has 0 aromatic carbocycles. The summed E-state index contributed by atoms with van der Waals surface area (Å²) in [5, 5.41) is 6.35. The number of nitrogens with one attached hydrogen (secondary N) is 1. The lowest BCUT2D eigenvalue weighted by atomic mass is 10.3. The number of alkyl halides is 2. The van der Waals surface area contributed by atoms with Gasteiger partial charge in [0, 0.05) is 19.3 Å². The molecule has 0 spiro atoms. The molecule has 6 nitrogen and oxygen atoms in total. The van der Waals surface area contributed by atoms with E-state index >= 15 is 0 Å². The van der Waals surface area contributed by atoms with Crippen molar-refractivity contribution in [2.45, 2.75) is 13.0 Å². The van der Waals surface area contributed by atoms with Crippen LogP contribution in [0.2, 0.25) is 0 Å². The Morgan fingerprint density at radius 3 is 2.83 bits per heavy atom. The molecule has 0 aliphatic heterocycles. The minimum Gasteiger partial charge on any atom is -0.396 e. The van der Waals surface area contributed by atoms with Gasteiger partial charge < -0.3 is 16.0 Å². The molecule has 3 N–H and O–H groups in total. The molecule has 1 aromatic rings. The van der Waals surface area contributed by atoms with Crippen LogP contribution < -0.4 is 11.1 Å². The number of nitrogens with zero attached hydrogens (tertiary/aromatic N) is 3. The molecule has 1 aromatic heterocycles. The second-order valence-electron chi connectivity index (χ2n) is 4.11. The number of carbonyl (C=O) groups is 1. The van der Waals surface area contributed by atoms with Crippen LogP contribution in [-0.4, -0.2) is 54.2 Å². The molecule has 0 fully saturated rings. The van der Waals surface area contributed by atoms with Gasteiger partial charge in [-0.25, -0.2) is 8.78 Å². The zero-order chi connectivity index (χ0) is 13.7. The predicted octanol–water partition coefficient (Wildman–Crippen LogP) is 0.0218. The number of halogens is 2. The van der Waals surface area contributed by atoms with Gasteiger partial charge >= 0.3 is 0 Å². The van der Waals surface area contributed by atoms with Gasteiger partial charge in [0.15, 0.2) is 5.69 Å². The average molecular weight is 261 g/mol. The lowest BCUT2D eigenvalue weighted by Crippen LogP contribution is -2.32. The zero-order valence-electron chi connectivity index (χ0n) is 10.4. The van der Waals surface area contributed by atoms with Crippen LogP contribution in [0.1, 0.15) is 10.5 Å². The first-order chi connectivity index (χ1) is 8.40. The van der Waals surface area contributed by atoms with E-state index in [4.69, 9.17) is 5.73 Å². The Labute approximate surface area is 104 Å². The van der Waals surface area contributed by atoms with Crippen molar-refractivity contribution in [3.8, 4) is 0 Å². The summed E-state index contributed by atoms with van der Waals surface area (Å²) in [6.07, 6.45) is -1.30. The van der Waals surface area contributed by atoms with Crippen LogP contribution in [-0.2, 0) is 6.54 Å². The van der Waals surface area contributed by atoms with Gasteiger partial charge in [-0.2, -0.15) is 5.10 Å². The molecule has 18 heavy (non-hydrogen) atoms. The van der Waals surface area contributed by atoms with Crippen molar-refractivity contribution in [1.29, 1.82) is 0 Å². The van der Waals surface area contributed by atoms with Gasteiger partial charge in [0.2, 0.25) is 0 Å². The van der Waals surface area contributed by atoms with E-state index in [0.29, 0.717) is 13.1 Å². The van der Waals surface area contributed by atoms with Crippen LogP contribution >= 0.6 is 0 Å². The Morgan fingerprint density at radius 2 is 2.28 bits per heavy atom. The van der Waals surface area contributed by atoms with Crippen molar-refractivity contribution in [1.82, 2.24) is 20.0 Å². The Bertz CT molecular complexity index is 405. The fourth-order valence-corrected chi connectivity index (χ4v) is 1.32. The van der Waals surface area contributed by atoms with Crippen molar-refractivity contribution < 1.29 is 13.6 Å². The molecule has 102 valence electrons. The van der Waals surface area contributed by atoms with Gasteiger partial charge in [-0.3, -0.25) is 9.48 Å². The van der Waals surface area contributed by atoms with E-state index in [9.17, 15) is 13.6 Å². The highest BCUT2D eigenvalue weighted by Crippen LogP contribution is 2.10. The number of nitrogen functional groups attached to an aromatic ring is 1. The van der Waals surface area contributed by atoms with Crippen LogP contribution in [0.15, 0.2) is 6.20 Å². The number of anilines is 1. The van der Waals surface area contributed by atoms with E-state index in [1.165, 1.54) is 6.20 Å². The maximum Gasteiger partial charge on any atom is 0.273 e. The summed E-state index contributed by atoms with van der Waals surface area (Å²) < 4.78 is 25.3. The number of rotatable bonds is 6. The third-order valence-corrected chi connectivity index (χ3v) is 2.17. The van der Waals surface area contributed by atoms with E-state index in [0.717, 1.165) is 4.68 Å². The molecule has 1 amide bonds. The highest BCUT2D eigenvalue weighted by Gasteiger charge is 2.16. The highest BCUT2D eigenvalue weighted by atomic mass is 19.3. The Kier molecular flexibility index (Phi) is 5.02. The molecule has 1 heterocycles. The number of hydrogen-bond acceptors (Lipinski definition) is 4. The molecule has 0 aliphatic rings. The molecule has 0 unspecified atom stereocenters. The Balaban J connectivity index is 2.59. The van der Waals surface area contributed by atoms with Gasteiger partial charge in [0.05, 0.1) is 5.69 Å². The zero-order valence-corrected chi connectivity index (χ0v) is 10.4. The number of hydrogen-bond donors (Lipinski definition) is 2. The first kappa shape index (κ1) is 14.4. The third-order valence-electron chi connectivity index (χ3n) is 2.17. The molecule has 8 heteroatoms. The van der Waals surface area contributed by atoms with Crippen LogP contribution in [0.25, 0.3) is 0 Å². The lowest BCUT2D eigenvalue weighted by molar-refractivity contribution is 0.0941. The highest BCUT2D eigenvalue weighted by molar-refractivity contribution is 5.96. The van der Waals surface area contributed by atoms with Crippen LogP contribution in [0.5, 0.6) is 0 Å². The van der Waals surface area contributed by atoms with Gasteiger partial charge in [-0.1, -0.05) is 0 Å². The SMILES string of the molecule is CN(C)CCNC(=O)c1nn(CC(F)F)cc1N. The quantitative estimate of drug-likeness (QED) is 0.757. The largest absolute Gasteiger partial charge is 0.396 e. The van der Waals surface area contributed by atoms with Crippen LogP contribution in [0, 0.1) is 0 Å². The molecule has 0 aliphatic carbocycles. The minimum atomic E-state index is -2.53. The van der Waals surface area contributed by atoms with Gasteiger partial charge in [0.1, 0.15) is 6.54 Å². The second kappa shape index (κ2) is 6.29. The fraction of sp³-hybridized carbons (Fsp3) is 0.600. The van der Waals surface area contributed by atoms with Crippen molar-refractivity contribution in [2.24, 2.45) is 0 Å². The number of nitrogens with two attached hydrogens (primary N) is 1. The molecule has 0 bridgehead atoms. The molecule has 0 atom stereocenters. The van der Waals surface area contributed by atoms with Gasteiger partial charge in [-0.15, -0.1) is 0 Å². The van der Waals surface area contributed by atoms with Crippen molar-refractivity contribution in [3.05, 3.63) is 11.9 Å². The number of amides is 1. The van der Waals surface area contributed by atoms with E-state index in [2.05, 4.69) is 10.4 Å². The van der Waals surface area contributed by atoms with Crippen molar-refractivity contribution >= 4 is 11.6 Å². The summed E-state index contributed by atoms with van der Waals surface area (Å²) >= 11 is 0. The standard InChI is InChI=1S/C10H17F2N5O/c1-16(2)4-3-14-10(18)9-7(13)5-17(15-9)6-8(11)12/h5,8H,3-4,6,13H2,1-2H3,(H,14,18). The molecular formula is C10H17F2N5O. The smallest absolute Gasteiger partial charge is 0.273 e. The minimum absolute atomic E-state index is 0.0191. The van der Waals surface area contributed by atoms with Crippen molar-refractivity contribution in [3.63, 3.8) is 0 Å². The maximum absolute atomic E-state index is 12.1. The Morgan fingerprint density at radius 1 is 1.61 bits per heavy atom. The summed E-state index contributed by atoms with van der Waals surface area (Å²) in [5.74, 6) is -0.456. The van der Waals surface area contributed by atoms with Crippen LogP contribution in [0.4, 0.5) is 14.5 Å². The first-order valence-electron chi connectivity index (χ1n) is 5.44. The molecular weight excluding hydrogens is 244 g/mol. The Hall–Kier alpha value is -1.70. The van der Waals surface area contributed by atoms with Gasteiger partial charge in [-0.05, 0) is 14.1 Å².